The molecule has 0 unspecified atom stereocenters. The molecule has 1 fully saturated rings. The van der Waals surface area contributed by atoms with E-state index in [0.29, 0.717) is 11.3 Å². The molecule has 0 aliphatic carbocycles. The molecule has 0 saturated carbocycles. The van der Waals surface area contributed by atoms with E-state index in [0.717, 1.165) is 5.56 Å². The van der Waals surface area contributed by atoms with Crippen molar-refractivity contribution in [2.45, 2.75) is 26.3 Å². The molecule has 3 amide bonds. The second kappa shape index (κ2) is 5.20. The summed E-state index contributed by atoms with van der Waals surface area (Å²) in [6.45, 7) is 4.91. The maximum Gasteiger partial charge on any atom is 0.258 e. The number of carbonyl (C=O) groups is 3. The highest BCUT2D eigenvalue weighted by atomic mass is 16.5. The van der Waals surface area contributed by atoms with Crippen LogP contribution in [0.2, 0.25) is 0 Å². The van der Waals surface area contributed by atoms with Gasteiger partial charge in [0.05, 0.1) is 12.7 Å². The van der Waals surface area contributed by atoms with Crippen LogP contribution < -0.4 is 10.1 Å². The largest absolute Gasteiger partial charge is 0.496 e. The molecule has 1 aliphatic rings. The van der Waals surface area contributed by atoms with Crippen LogP contribution in [0, 0.1) is 6.92 Å². The quantitative estimate of drug-likeness (QED) is 0.820. The maximum absolute atomic E-state index is 12.8. The minimum Gasteiger partial charge on any atom is -0.496 e. The van der Waals surface area contributed by atoms with Gasteiger partial charge in [-0.2, -0.15) is 0 Å². The van der Waals surface area contributed by atoms with Gasteiger partial charge in [-0.1, -0.05) is 11.6 Å². The number of benzene rings is 1. The second-order valence-corrected chi connectivity index (χ2v) is 5.53. The molecule has 1 saturated heterocycles. The Morgan fingerprint density at radius 3 is 2.62 bits per heavy atom. The van der Waals surface area contributed by atoms with Gasteiger partial charge in [0.15, 0.2) is 0 Å². The molecule has 1 aromatic rings. The van der Waals surface area contributed by atoms with E-state index in [9.17, 15) is 14.4 Å². The van der Waals surface area contributed by atoms with Crippen molar-refractivity contribution >= 4 is 17.7 Å². The molecule has 6 nitrogen and oxygen atoms in total. The van der Waals surface area contributed by atoms with Crippen LogP contribution in [0.5, 0.6) is 5.75 Å². The van der Waals surface area contributed by atoms with Crippen molar-refractivity contribution in [2.75, 3.05) is 13.7 Å². The molecule has 1 aromatic carbocycles. The molecule has 1 N–H and O–H groups in total. The van der Waals surface area contributed by atoms with Gasteiger partial charge in [0.25, 0.3) is 11.8 Å². The first kappa shape index (κ1) is 15.0. The number of amides is 3. The van der Waals surface area contributed by atoms with Gasteiger partial charge in [0.1, 0.15) is 17.8 Å². The number of hydrogen-bond acceptors (Lipinski definition) is 4. The van der Waals surface area contributed by atoms with E-state index in [1.807, 2.05) is 13.0 Å². The lowest BCUT2D eigenvalue weighted by Gasteiger charge is -2.40. The van der Waals surface area contributed by atoms with Crippen molar-refractivity contribution in [1.82, 2.24) is 10.2 Å². The third-order valence-electron chi connectivity index (χ3n) is 3.62. The molecular weight excluding hydrogens is 272 g/mol. The van der Waals surface area contributed by atoms with Crippen molar-refractivity contribution in [2.24, 2.45) is 0 Å². The topological polar surface area (TPSA) is 75.7 Å². The number of nitrogens with one attached hydrogen (secondary N) is 1. The summed E-state index contributed by atoms with van der Waals surface area (Å²) >= 11 is 0. The lowest BCUT2D eigenvalue weighted by atomic mass is 9.96. The van der Waals surface area contributed by atoms with Crippen LogP contribution in [0.25, 0.3) is 0 Å². The highest BCUT2D eigenvalue weighted by molar-refractivity contribution is 6.09. The fourth-order valence-electron chi connectivity index (χ4n) is 2.24. The summed E-state index contributed by atoms with van der Waals surface area (Å²) in [4.78, 5) is 37.5. The zero-order chi connectivity index (χ0) is 15.8. The molecule has 1 heterocycles. The summed E-state index contributed by atoms with van der Waals surface area (Å²) < 4.78 is 5.20. The molecule has 0 bridgehead atoms. The summed E-state index contributed by atoms with van der Waals surface area (Å²) in [5.74, 6) is -0.957. The Hall–Kier alpha value is -2.37. The molecule has 112 valence electrons. The van der Waals surface area contributed by atoms with Gasteiger partial charge >= 0.3 is 0 Å². The molecule has 6 heteroatoms. The van der Waals surface area contributed by atoms with Crippen molar-refractivity contribution in [3.63, 3.8) is 0 Å². The van der Waals surface area contributed by atoms with Gasteiger partial charge in [-0.25, -0.2) is 0 Å². The van der Waals surface area contributed by atoms with Crippen LogP contribution in [0.3, 0.4) is 0 Å². The van der Waals surface area contributed by atoms with Gasteiger partial charge in [-0.05, 0) is 32.9 Å². The highest BCUT2D eigenvalue weighted by Gasteiger charge is 2.44. The number of imide groups is 1. The summed E-state index contributed by atoms with van der Waals surface area (Å²) in [6.07, 6.45) is 0. The third kappa shape index (κ3) is 2.61. The molecule has 0 aromatic heterocycles. The van der Waals surface area contributed by atoms with E-state index in [4.69, 9.17) is 4.74 Å². The molecular formula is C15H18N2O4. The third-order valence-corrected chi connectivity index (χ3v) is 3.62. The molecule has 0 atom stereocenters. The monoisotopic (exact) mass is 290 g/mol. The Labute approximate surface area is 123 Å². The average molecular weight is 290 g/mol. The molecule has 21 heavy (non-hydrogen) atoms. The maximum atomic E-state index is 12.8. The van der Waals surface area contributed by atoms with Crippen LogP contribution in [0.15, 0.2) is 18.2 Å². The number of aryl methyl sites for hydroxylation is 1. The molecule has 0 spiro atoms. The highest BCUT2D eigenvalue weighted by Crippen LogP contribution is 2.26. The number of rotatable bonds is 2. The summed E-state index contributed by atoms with van der Waals surface area (Å²) in [7, 11) is 1.47. The van der Waals surface area contributed by atoms with E-state index < -0.39 is 23.3 Å². The van der Waals surface area contributed by atoms with Gasteiger partial charge in [-0.3, -0.25) is 19.7 Å². The summed E-state index contributed by atoms with van der Waals surface area (Å²) in [5.41, 5.74) is 0.137. The van der Waals surface area contributed by atoms with Crippen LogP contribution in [0.4, 0.5) is 0 Å². The van der Waals surface area contributed by atoms with Crippen molar-refractivity contribution in [1.29, 1.82) is 0 Å². The van der Waals surface area contributed by atoms with Crippen molar-refractivity contribution in [3.8, 4) is 5.75 Å². The number of ether oxygens (including phenoxy) is 1. The average Bonchev–Trinajstić information content (AvgIpc) is 2.42. The van der Waals surface area contributed by atoms with E-state index in [1.54, 1.807) is 26.0 Å². The first-order chi connectivity index (χ1) is 9.77. The smallest absolute Gasteiger partial charge is 0.258 e. The Morgan fingerprint density at radius 2 is 2.00 bits per heavy atom. The zero-order valence-corrected chi connectivity index (χ0v) is 12.5. The lowest BCUT2D eigenvalue weighted by molar-refractivity contribution is -0.143. The van der Waals surface area contributed by atoms with Gasteiger partial charge in [0.2, 0.25) is 5.91 Å². The van der Waals surface area contributed by atoms with Gasteiger partial charge < -0.3 is 9.64 Å². The Balaban J connectivity index is 2.45. The number of nitrogens with zero attached hydrogens (tertiary/aromatic N) is 1. The number of piperazine rings is 1. The van der Waals surface area contributed by atoms with Gasteiger partial charge in [0, 0.05) is 0 Å². The summed E-state index contributed by atoms with van der Waals surface area (Å²) in [6, 6.07) is 5.21. The summed E-state index contributed by atoms with van der Waals surface area (Å²) in [5, 5.41) is 2.24. The van der Waals surface area contributed by atoms with Crippen LogP contribution in [-0.4, -0.2) is 41.8 Å². The van der Waals surface area contributed by atoms with E-state index in [1.165, 1.54) is 12.0 Å². The predicted octanol–water partition coefficient (Wildman–Crippen LogP) is 0.881. The van der Waals surface area contributed by atoms with E-state index in [2.05, 4.69) is 5.32 Å². The fourth-order valence-corrected chi connectivity index (χ4v) is 2.24. The second-order valence-electron chi connectivity index (χ2n) is 5.53. The predicted molar refractivity (Wildman–Crippen MR) is 76.0 cm³/mol. The normalized spacial score (nSPS) is 17.4. The lowest BCUT2D eigenvalue weighted by Crippen LogP contribution is -2.65. The van der Waals surface area contributed by atoms with Crippen LogP contribution in [0.1, 0.15) is 29.8 Å². The SMILES string of the molecule is COc1ccc(C)cc1C(=O)N1CC(=O)NC(=O)C1(C)C. The minimum absolute atomic E-state index is 0.158. The Kier molecular flexibility index (Phi) is 3.72. The number of carbonyl (C=O) groups excluding carboxylic acids is 3. The molecule has 1 aliphatic heterocycles. The molecule has 0 radical (unpaired) electrons. The fraction of sp³-hybridized carbons (Fsp3) is 0.400. The van der Waals surface area contributed by atoms with Crippen LogP contribution >= 0.6 is 0 Å². The Bertz CT molecular complexity index is 622. The van der Waals surface area contributed by atoms with E-state index >= 15 is 0 Å². The molecule has 2 rings (SSSR count). The standard InChI is InChI=1S/C15H18N2O4/c1-9-5-6-11(21-4)10(7-9)13(19)17-8-12(18)16-14(20)15(17,2)3/h5-7H,8H2,1-4H3,(H,16,18,20). The number of methoxy groups -OCH3 is 1. The zero-order valence-electron chi connectivity index (χ0n) is 12.5. The Morgan fingerprint density at radius 1 is 1.33 bits per heavy atom. The van der Waals surface area contributed by atoms with Crippen LogP contribution in [-0.2, 0) is 9.59 Å². The number of hydrogen-bond donors (Lipinski definition) is 1. The minimum atomic E-state index is -1.10. The van der Waals surface area contributed by atoms with Crippen molar-refractivity contribution in [3.05, 3.63) is 29.3 Å². The van der Waals surface area contributed by atoms with E-state index in [-0.39, 0.29) is 6.54 Å². The first-order valence-corrected chi connectivity index (χ1v) is 6.58. The van der Waals surface area contributed by atoms with Crippen molar-refractivity contribution < 1.29 is 19.1 Å². The van der Waals surface area contributed by atoms with Gasteiger partial charge in [-0.15, -0.1) is 0 Å². The first-order valence-electron chi connectivity index (χ1n) is 6.58.